The van der Waals surface area contributed by atoms with Gasteiger partial charge in [0, 0.05) is 37.9 Å². The van der Waals surface area contributed by atoms with E-state index in [4.69, 9.17) is 16.3 Å². The summed E-state index contributed by atoms with van der Waals surface area (Å²) in [7, 11) is 1.68. The first-order chi connectivity index (χ1) is 10.3. The van der Waals surface area contributed by atoms with E-state index < -0.39 is 0 Å². The van der Waals surface area contributed by atoms with Crippen LogP contribution in [0.3, 0.4) is 0 Å². The lowest BCUT2D eigenvalue weighted by molar-refractivity contribution is 0.415. The van der Waals surface area contributed by atoms with Crippen LogP contribution in [0.4, 0.5) is 11.5 Å². The number of piperazine rings is 1. The minimum Gasteiger partial charge on any atom is -0.497 e. The van der Waals surface area contributed by atoms with E-state index in [-0.39, 0.29) is 0 Å². The van der Waals surface area contributed by atoms with Gasteiger partial charge in [-0.25, -0.2) is 9.97 Å². The number of anilines is 2. The highest BCUT2D eigenvalue weighted by atomic mass is 35.5. The van der Waals surface area contributed by atoms with E-state index in [1.54, 1.807) is 7.11 Å². The number of aromatic nitrogens is 2. The number of hydrogen-bond donors (Lipinski definition) is 0. The maximum atomic E-state index is 5.92. The summed E-state index contributed by atoms with van der Waals surface area (Å²) in [6.45, 7) is 3.74. The second kappa shape index (κ2) is 6.18. The molecule has 3 rings (SSSR count). The fraction of sp³-hybridized carbons (Fsp3) is 0.333. The predicted octanol–water partition coefficient (Wildman–Crippen LogP) is 2.47. The Bertz CT molecular complexity index is 597. The number of rotatable bonds is 3. The van der Waals surface area contributed by atoms with Crippen molar-refractivity contribution in [2.45, 2.75) is 0 Å². The number of hydrogen-bond acceptors (Lipinski definition) is 5. The first-order valence-electron chi connectivity index (χ1n) is 6.88. The third kappa shape index (κ3) is 3.19. The number of halogens is 1. The quantitative estimate of drug-likeness (QED) is 0.815. The third-order valence-electron chi connectivity index (χ3n) is 3.66. The zero-order valence-electron chi connectivity index (χ0n) is 11.9. The van der Waals surface area contributed by atoms with Crippen LogP contribution in [0.2, 0.25) is 5.15 Å². The van der Waals surface area contributed by atoms with Gasteiger partial charge in [-0.2, -0.15) is 0 Å². The maximum absolute atomic E-state index is 5.92. The Morgan fingerprint density at radius 3 is 2.29 bits per heavy atom. The van der Waals surface area contributed by atoms with Crippen LogP contribution in [-0.2, 0) is 0 Å². The fourth-order valence-electron chi connectivity index (χ4n) is 2.48. The van der Waals surface area contributed by atoms with E-state index in [1.807, 2.05) is 18.2 Å². The number of nitrogens with zero attached hydrogens (tertiary/aromatic N) is 4. The summed E-state index contributed by atoms with van der Waals surface area (Å²) in [4.78, 5) is 12.8. The molecule has 21 heavy (non-hydrogen) atoms. The first kappa shape index (κ1) is 13.9. The molecule has 0 N–H and O–H groups in total. The molecule has 6 heteroatoms. The Morgan fingerprint density at radius 1 is 1.00 bits per heavy atom. The van der Waals surface area contributed by atoms with Gasteiger partial charge in [0.1, 0.15) is 23.0 Å². The molecule has 1 aliphatic rings. The minimum absolute atomic E-state index is 0.484. The Hall–Kier alpha value is -2.01. The van der Waals surface area contributed by atoms with Crippen LogP contribution in [0.25, 0.3) is 0 Å². The molecule has 1 saturated heterocycles. The lowest BCUT2D eigenvalue weighted by Gasteiger charge is -2.36. The van der Waals surface area contributed by atoms with Crippen LogP contribution in [0.5, 0.6) is 5.75 Å². The van der Waals surface area contributed by atoms with Gasteiger partial charge in [-0.05, 0) is 24.3 Å². The highest BCUT2D eigenvalue weighted by molar-refractivity contribution is 6.29. The lowest BCUT2D eigenvalue weighted by Crippen LogP contribution is -2.46. The molecule has 2 aromatic rings. The number of methoxy groups -OCH3 is 1. The second-order valence-electron chi connectivity index (χ2n) is 4.87. The number of benzene rings is 1. The molecule has 0 radical (unpaired) electrons. The first-order valence-corrected chi connectivity index (χ1v) is 7.25. The SMILES string of the molecule is COc1ccc(N2CCN(c3cc(Cl)ncn3)CC2)cc1. The molecule has 1 fully saturated rings. The molecule has 110 valence electrons. The van der Waals surface area contributed by atoms with Crippen molar-refractivity contribution in [3.63, 3.8) is 0 Å². The van der Waals surface area contributed by atoms with Crippen LogP contribution in [0, 0.1) is 0 Å². The van der Waals surface area contributed by atoms with Crippen molar-refractivity contribution < 1.29 is 4.74 Å². The summed E-state index contributed by atoms with van der Waals surface area (Å²) in [6.07, 6.45) is 1.51. The molecule has 0 saturated carbocycles. The van der Waals surface area contributed by atoms with Crippen LogP contribution >= 0.6 is 11.6 Å². The largest absolute Gasteiger partial charge is 0.497 e. The van der Waals surface area contributed by atoms with E-state index >= 15 is 0 Å². The molecule has 0 atom stereocenters. The van der Waals surface area contributed by atoms with Crippen LogP contribution in [0.1, 0.15) is 0 Å². The van der Waals surface area contributed by atoms with Crippen molar-refractivity contribution in [2.75, 3.05) is 43.1 Å². The van der Waals surface area contributed by atoms with Crippen LogP contribution < -0.4 is 14.5 Å². The molecule has 0 amide bonds. The summed E-state index contributed by atoms with van der Waals surface area (Å²) in [5.74, 6) is 1.78. The van der Waals surface area contributed by atoms with Gasteiger partial charge in [0.05, 0.1) is 7.11 Å². The Balaban J connectivity index is 1.64. The molecule has 0 spiro atoms. The summed E-state index contributed by atoms with van der Waals surface area (Å²) < 4.78 is 5.19. The molecule has 2 heterocycles. The van der Waals surface area contributed by atoms with Gasteiger partial charge in [0.25, 0.3) is 0 Å². The highest BCUT2D eigenvalue weighted by Gasteiger charge is 2.18. The van der Waals surface area contributed by atoms with Crippen LogP contribution in [0.15, 0.2) is 36.7 Å². The Kier molecular flexibility index (Phi) is 4.10. The molecule has 1 aromatic heterocycles. The zero-order chi connectivity index (χ0) is 14.7. The summed E-state index contributed by atoms with van der Waals surface area (Å²) >= 11 is 5.92. The molecular weight excluding hydrogens is 288 g/mol. The molecule has 0 unspecified atom stereocenters. The van der Waals surface area contributed by atoms with Gasteiger partial charge >= 0.3 is 0 Å². The predicted molar refractivity (Wildman–Crippen MR) is 84.5 cm³/mol. The Labute approximate surface area is 129 Å². The second-order valence-corrected chi connectivity index (χ2v) is 5.26. The minimum atomic E-state index is 0.484. The standard InChI is InChI=1S/C15H17ClN4O/c1-21-13-4-2-12(3-5-13)19-6-8-20(9-7-19)15-10-14(16)17-11-18-15/h2-5,10-11H,6-9H2,1H3. The van der Waals surface area contributed by atoms with Crippen molar-refractivity contribution in [3.05, 3.63) is 41.8 Å². The van der Waals surface area contributed by atoms with E-state index in [0.717, 1.165) is 37.7 Å². The van der Waals surface area contributed by atoms with E-state index in [1.165, 1.54) is 12.0 Å². The summed E-state index contributed by atoms with van der Waals surface area (Å²) in [5.41, 5.74) is 1.22. The summed E-state index contributed by atoms with van der Waals surface area (Å²) in [6, 6.07) is 9.98. The Morgan fingerprint density at radius 2 is 1.67 bits per heavy atom. The van der Waals surface area contributed by atoms with Gasteiger partial charge in [-0.1, -0.05) is 11.6 Å². The lowest BCUT2D eigenvalue weighted by atomic mass is 10.2. The fourth-order valence-corrected chi connectivity index (χ4v) is 2.63. The molecular formula is C15H17ClN4O. The zero-order valence-corrected chi connectivity index (χ0v) is 12.6. The van der Waals surface area contributed by atoms with Crippen molar-refractivity contribution >= 4 is 23.1 Å². The average molecular weight is 305 g/mol. The molecule has 5 nitrogen and oxygen atoms in total. The maximum Gasteiger partial charge on any atom is 0.134 e. The van der Waals surface area contributed by atoms with Gasteiger partial charge < -0.3 is 14.5 Å². The van der Waals surface area contributed by atoms with Crippen molar-refractivity contribution in [1.82, 2.24) is 9.97 Å². The summed E-state index contributed by atoms with van der Waals surface area (Å²) in [5, 5.41) is 0.484. The molecule has 1 aliphatic heterocycles. The molecule has 0 aliphatic carbocycles. The monoisotopic (exact) mass is 304 g/mol. The van der Waals surface area contributed by atoms with E-state index in [2.05, 4.69) is 31.9 Å². The van der Waals surface area contributed by atoms with Gasteiger partial charge in [0.15, 0.2) is 0 Å². The average Bonchev–Trinajstić information content (AvgIpc) is 2.55. The van der Waals surface area contributed by atoms with E-state index in [9.17, 15) is 0 Å². The van der Waals surface area contributed by atoms with Gasteiger partial charge in [-0.3, -0.25) is 0 Å². The highest BCUT2D eigenvalue weighted by Crippen LogP contribution is 2.22. The van der Waals surface area contributed by atoms with Crippen molar-refractivity contribution in [2.24, 2.45) is 0 Å². The normalized spacial score (nSPS) is 15.1. The van der Waals surface area contributed by atoms with Gasteiger partial charge in [-0.15, -0.1) is 0 Å². The topological polar surface area (TPSA) is 41.5 Å². The molecule has 0 bridgehead atoms. The smallest absolute Gasteiger partial charge is 0.134 e. The number of ether oxygens (including phenoxy) is 1. The molecule has 1 aromatic carbocycles. The van der Waals surface area contributed by atoms with Crippen LogP contribution in [-0.4, -0.2) is 43.3 Å². The van der Waals surface area contributed by atoms with Crippen molar-refractivity contribution in [3.8, 4) is 5.75 Å². The third-order valence-corrected chi connectivity index (χ3v) is 3.87. The van der Waals surface area contributed by atoms with Gasteiger partial charge in [0.2, 0.25) is 0 Å². The van der Waals surface area contributed by atoms with E-state index in [0.29, 0.717) is 5.15 Å². The van der Waals surface area contributed by atoms with Crippen molar-refractivity contribution in [1.29, 1.82) is 0 Å².